The van der Waals surface area contributed by atoms with Crippen molar-refractivity contribution in [2.45, 2.75) is 27.2 Å². The predicted molar refractivity (Wildman–Crippen MR) is 121 cm³/mol. The molecule has 3 aromatic rings. The minimum Gasteiger partial charge on any atom is -0.493 e. The Balaban J connectivity index is 1.60. The largest absolute Gasteiger partial charge is 0.493 e. The first-order valence-corrected chi connectivity index (χ1v) is 10.2. The number of benzene rings is 2. The number of carbonyl (C=O) groups is 2. The minimum atomic E-state index is -0.542. The Kier molecular flexibility index (Phi) is 7.29. The van der Waals surface area contributed by atoms with Crippen LogP contribution in [0.15, 0.2) is 54.6 Å². The molecule has 1 heterocycles. The predicted octanol–water partition coefficient (Wildman–Crippen LogP) is 4.23. The number of para-hydroxylation sites is 2. The number of nitrogens with one attached hydrogen (secondary N) is 1. The Hall–Kier alpha value is -4.05. The molecule has 0 aliphatic rings. The van der Waals surface area contributed by atoms with Crippen LogP contribution in [0.25, 0.3) is 5.69 Å². The first-order valence-electron chi connectivity index (χ1n) is 10.2. The average molecular weight is 431 g/mol. The number of hydrogen-bond donors (Lipinski definition) is 1. The minimum absolute atomic E-state index is 0.0175. The van der Waals surface area contributed by atoms with Gasteiger partial charge in [0, 0.05) is 11.4 Å². The Bertz CT molecular complexity index is 1160. The second-order valence-electron chi connectivity index (χ2n) is 7.29. The molecule has 0 radical (unpaired) electrons. The van der Waals surface area contributed by atoms with Gasteiger partial charge in [0.2, 0.25) is 0 Å². The number of aromatic nitrogens is 1. The van der Waals surface area contributed by atoms with Crippen LogP contribution in [-0.4, -0.2) is 29.7 Å². The maximum absolute atomic E-state index is 12.5. The molecule has 0 unspecified atom stereocenters. The van der Waals surface area contributed by atoms with Gasteiger partial charge in [-0.25, -0.2) is 0 Å². The number of nitriles is 1. The molecule has 7 heteroatoms. The lowest BCUT2D eigenvalue weighted by atomic mass is 10.2. The molecule has 0 bridgehead atoms. The number of nitrogens with zero attached hydrogens (tertiary/aromatic N) is 2. The molecule has 2 aromatic carbocycles. The third kappa shape index (κ3) is 5.16. The Morgan fingerprint density at radius 2 is 1.72 bits per heavy atom. The van der Waals surface area contributed by atoms with E-state index in [0.29, 0.717) is 17.1 Å². The van der Waals surface area contributed by atoms with E-state index in [1.807, 2.05) is 79.9 Å². The van der Waals surface area contributed by atoms with Crippen LogP contribution in [0.4, 0.5) is 5.82 Å². The zero-order chi connectivity index (χ0) is 23.1. The van der Waals surface area contributed by atoms with Gasteiger partial charge < -0.3 is 14.8 Å². The number of amides is 1. The fraction of sp³-hybridized carbons (Fsp3) is 0.240. The molecule has 0 saturated heterocycles. The van der Waals surface area contributed by atoms with Crippen LogP contribution in [0.3, 0.4) is 0 Å². The molecule has 0 saturated carbocycles. The fourth-order valence-corrected chi connectivity index (χ4v) is 3.31. The van der Waals surface area contributed by atoms with E-state index in [0.717, 1.165) is 22.5 Å². The Morgan fingerprint density at radius 1 is 1.03 bits per heavy atom. The monoisotopic (exact) mass is 431 g/mol. The van der Waals surface area contributed by atoms with Crippen molar-refractivity contribution in [2.24, 2.45) is 0 Å². The summed E-state index contributed by atoms with van der Waals surface area (Å²) in [7, 11) is 0. The summed E-state index contributed by atoms with van der Waals surface area (Å²) in [5.41, 5.74) is 3.78. The van der Waals surface area contributed by atoms with Gasteiger partial charge in [0.05, 0.1) is 18.6 Å². The lowest BCUT2D eigenvalue weighted by Gasteiger charge is -2.13. The molecule has 7 nitrogen and oxygen atoms in total. The van der Waals surface area contributed by atoms with Crippen molar-refractivity contribution in [1.82, 2.24) is 4.57 Å². The van der Waals surface area contributed by atoms with E-state index < -0.39 is 18.5 Å². The third-order valence-corrected chi connectivity index (χ3v) is 5.12. The summed E-state index contributed by atoms with van der Waals surface area (Å²) in [4.78, 5) is 24.5. The van der Waals surface area contributed by atoms with Crippen LogP contribution in [0.2, 0.25) is 0 Å². The molecule has 1 amide bonds. The fourth-order valence-electron chi connectivity index (χ4n) is 3.31. The van der Waals surface area contributed by atoms with Crippen LogP contribution in [0.1, 0.15) is 28.8 Å². The maximum Gasteiger partial charge on any atom is 0.309 e. The summed E-state index contributed by atoms with van der Waals surface area (Å²) >= 11 is 0. The van der Waals surface area contributed by atoms with Crippen molar-refractivity contribution in [2.75, 3.05) is 18.5 Å². The van der Waals surface area contributed by atoms with Gasteiger partial charge in [-0.05, 0) is 50.1 Å². The molecule has 0 fully saturated rings. The van der Waals surface area contributed by atoms with Crippen molar-refractivity contribution in [3.63, 3.8) is 0 Å². The summed E-state index contributed by atoms with van der Waals surface area (Å²) in [6.07, 6.45) is 0.0175. The van der Waals surface area contributed by atoms with E-state index in [2.05, 4.69) is 11.4 Å². The molecule has 0 aliphatic carbocycles. The molecule has 1 N–H and O–H groups in total. The van der Waals surface area contributed by atoms with E-state index >= 15 is 0 Å². The van der Waals surface area contributed by atoms with E-state index in [9.17, 15) is 14.9 Å². The van der Waals surface area contributed by atoms with Crippen LogP contribution < -0.4 is 10.1 Å². The van der Waals surface area contributed by atoms with Crippen molar-refractivity contribution >= 4 is 17.7 Å². The molecule has 3 rings (SSSR count). The average Bonchev–Trinajstić information content (AvgIpc) is 3.03. The normalized spacial score (nSPS) is 10.3. The quantitative estimate of drug-likeness (QED) is 0.539. The molecule has 1 aromatic heterocycles. The van der Waals surface area contributed by atoms with Crippen LogP contribution >= 0.6 is 0 Å². The highest BCUT2D eigenvalue weighted by atomic mass is 16.5. The van der Waals surface area contributed by atoms with Gasteiger partial charge in [0.1, 0.15) is 17.6 Å². The van der Waals surface area contributed by atoms with Crippen molar-refractivity contribution in [3.05, 3.63) is 77.0 Å². The Labute approximate surface area is 187 Å². The standard InChI is InChI=1S/C25H25N3O4/c1-17-9-7-8-12-22(17)31-14-13-24(30)32-16-23(29)27-25-21(15-26)18(2)19(3)28(25)20-10-5-4-6-11-20/h4-12H,13-14,16H2,1-3H3,(H,27,29). The summed E-state index contributed by atoms with van der Waals surface area (Å²) < 4.78 is 12.5. The van der Waals surface area contributed by atoms with Crippen molar-refractivity contribution in [3.8, 4) is 17.5 Å². The number of aryl methyl sites for hydroxylation is 1. The molecular formula is C25H25N3O4. The number of hydrogen-bond acceptors (Lipinski definition) is 5. The van der Waals surface area contributed by atoms with Gasteiger partial charge in [-0.1, -0.05) is 36.4 Å². The third-order valence-electron chi connectivity index (χ3n) is 5.12. The molecule has 164 valence electrons. The van der Waals surface area contributed by atoms with E-state index in [4.69, 9.17) is 9.47 Å². The zero-order valence-electron chi connectivity index (χ0n) is 18.3. The van der Waals surface area contributed by atoms with E-state index in [-0.39, 0.29) is 13.0 Å². The molecular weight excluding hydrogens is 406 g/mol. The van der Waals surface area contributed by atoms with E-state index in [1.165, 1.54) is 0 Å². The maximum atomic E-state index is 12.5. The second kappa shape index (κ2) is 10.3. The number of carbonyl (C=O) groups excluding carboxylic acids is 2. The number of anilines is 1. The number of esters is 1. The van der Waals surface area contributed by atoms with Crippen LogP contribution in [0.5, 0.6) is 5.75 Å². The lowest BCUT2D eigenvalue weighted by Crippen LogP contribution is -2.23. The smallest absolute Gasteiger partial charge is 0.309 e. The topological polar surface area (TPSA) is 93.3 Å². The van der Waals surface area contributed by atoms with Gasteiger partial charge in [-0.15, -0.1) is 0 Å². The number of ether oxygens (including phenoxy) is 2. The summed E-state index contributed by atoms with van der Waals surface area (Å²) in [5.74, 6) is -0.00322. The summed E-state index contributed by atoms with van der Waals surface area (Å²) in [6, 6.07) is 19.1. The highest BCUT2D eigenvalue weighted by Gasteiger charge is 2.21. The molecule has 0 spiro atoms. The van der Waals surface area contributed by atoms with Gasteiger partial charge in [0.25, 0.3) is 5.91 Å². The van der Waals surface area contributed by atoms with Crippen molar-refractivity contribution < 1.29 is 19.1 Å². The second-order valence-corrected chi connectivity index (χ2v) is 7.29. The summed E-state index contributed by atoms with van der Waals surface area (Å²) in [6.45, 7) is 5.33. The van der Waals surface area contributed by atoms with Gasteiger partial charge >= 0.3 is 5.97 Å². The number of rotatable bonds is 8. The molecule has 0 aliphatic heterocycles. The SMILES string of the molecule is Cc1ccccc1OCCC(=O)OCC(=O)Nc1c(C#N)c(C)c(C)n1-c1ccccc1. The van der Waals surface area contributed by atoms with Gasteiger partial charge in [-0.2, -0.15) is 5.26 Å². The zero-order valence-corrected chi connectivity index (χ0v) is 18.3. The molecule has 0 atom stereocenters. The Morgan fingerprint density at radius 3 is 2.41 bits per heavy atom. The summed E-state index contributed by atoms with van der Waals surface area (Å²) in [5, 5.41) is 12.3. The molecule has 32 heavy (non-hydrogen) atoms. The highest BCUT2D eigenvalue weighted by Crippen LogP contribution is 2.29. The highest BCUT2D eigenvalue weighted by molar-refractivity contribution is 5.94. The van der Waals surface area contributed by atoms with E-state index in [1.54, 1.807) is 0 Å². The first-order chi connectivity index (χ1) is 15.4. The van der Waals surface area contributed by atoms with Crippen LogP contribution in [-0.2, 0) is 14.3 Å². The lowest BCUT2D eigenvalue weighted by molar-refractivity contribution is -0.147. The van der Waals surface area contributed by atoms with Gasteiger partial charge in [-0.3, -0.25) is 14.2 Å². The van der Waals surface area contributed by atoms with Crippen molar-refractivity contribution in [1.29, 1.82) is 5.26 Å². The van der Waals surface area contributed by atoms with Crippen LogP contribution in [0, 0.1) is 32.1 Å². The van der Waals surface area contributed by atoms with Gasteiger partial charge in [0.15, 0.2) is 6.61 Å². The first kappa shape index (κ1) is 22.6.